The molecule has 0 amide bonds. The van der Waals surface area contributed by atoms with Gasteiger partial charge in [0, 0.05) is 22.0 Å². The van der Waals surface area contributed by atoms with Gasteiger partial charge in [0.2, 0.25) is 0 Å². The number of allylic oxidation sites excluding steroid dienone is 3. The molecule has 5 aliphatic rings. The molecule has 5 aliphatic carbocycles. The van der Waals surface area contributed by atoms with Crippen LogP contribution in [0.3, 0.4) is 0 Å². The molecule has 8 nitrogen and oxygen atoms in total. The van der Waals surface area contributed by atoms with Gasteiger partial charge < -0.3 is 29.9 Å². The monoisotopic (exact) mass is 656 g/mol. The van der Waals surface area contributed by atoms with Crippen molar-refractivity contribution in [3.8, 4) is 0 Å². The number of rotatable bonds is 5. The fraction of sp³-hybridized carbons (Fsp3) is 0.795. The normalized spacial score (nSPS) is 47.8. The van der Waals surface area contributed by atoms with E-state index < -0.39 is 65.1 Å². The van der Waals surface area contributed by atoms with Gasteiger partial charge in [0.1, 0.15) is 6.10 Å². The van der Waals surface area contributed by atoms with E-state index in [0.717, 1.165) is 37.7 Å². The van der Waals surface area contributed by atoms with Crippen molar-refractivity contribution < 1.29 is 39.5 Å². The number of esters is 2. The smallest absolute Gasteiger partial charge is 0.333 e. The summed E-state index contributed by atoms with van der Waals surface area (Å²) in [4.78, 5) is 26.8. The molecule has 8 heteroatoms. The minimum Gasteiger partial charge on any atom is -0.454 e. The van der Waals surface area contributed by atoms with Gasteiger partial charge in [0.05, 0.1) is 30.3 Å². The molecular formula is C39H60O8. The van der Waals surface area contributed by atoms with Gasteiger partial charge in [-0.25, -0.2) is 9.59 Å². The molecule has 0 aromatic heterocycles. The number of fused-ring (bicyclic) bond motifs is 7. The summed E-state index contributed by atoms with van der Waals surface area (Å²) in [6.45, 7) is 19.1. The highest BCUT2D eigenvalue weighted by Crippen LogP contribution is 2.75. The summed E-state index contributed by atoms with van der Waals surface area (Å²) in [7, 11) is 0. The van der Waals surface area contributed by atoms with E-state index in [9.17, 15) is 30.0 Å². The first kappa shape index (κ1) is 36.3. The molecule has 0 saturated heterocycles. The molecule has 0 aromatic rings. The van der Waals surface area contributed by atoms with E-state index in [4.69, 9.17) is 9.47 Å². The fourth-order valence-corrected chi connectivity index (χ4v) is 11.6. The number of aliphatic hydroxyl groups is 4. The zero-order valence-electron chi connectivity index (χ0n) is 30.3. The van der Waals surface area contributed by atoms with Gasteiger partial charge in [0.15, 0.2) is 6.10 Å². The second-order valence-corrected chi connectivity index (χ2v) is 17.2. The summed E-state index contributed by atoms with van der Waals surface area (Å²) < 4.78 is 12.4. The average molecular weight is 657 g/mol. The van der Waals surface area contributed by atoms with Crippen LogP contribution >= 0.6 is 0 Å². The lowest BCUT2D eigenvalue weighted by Crippen LogP contribution is -2.76. The van der Waals surface area contributed by atoms with Gasteiger partial charge in [-0.2, -0.15) is 0 Å². The third kappa shape index (κ3) is 4.89. The summed E-state index contributed by atoms with van der Waals surface area (Å²) in [5, 5.41) is 47.4. The lowest BCUT2D eigenvalue weighted by atomic mass is 9.33. The van der Waals surface area contributed by atoms with Crippen LogP contribution < -0.4 is 0 Å². The maximum absolute atomic E-state index is 13.5. The van der Waals surface area contributed by atoms with Crippen molar-refractivity contribution in [1.82, 2.24) is 0 Å². The van der Waals surface area contributed by atoms with Crippen LogP contribution in [0.25, 0.3) is 0 Å². The first-order valence-electron chi connectivity index (χ1n) is 17.9. The molecule has 264 valence electrons. The molecule has 0 heterocycles. The quantitative estimate of drug-likeness (QED) is 0.169. The van der Waals surface area contributed by atoms with E-state index in [-0.39, 0.29) is 28.8 Å². The van der Waals surface area contributed by atoms with Gasteiger partial charge in [-0.1, -0.05) is 65.3 Å². The molecule has 4 saturated carbocycles. The minimum absolute atomic E-state index is 0.0370. The highest BCUT2D eigenvalue weighted by atomic mass is 16.6. The van der Waals surface area contributed by atoms with Crippen LogP contribution in [0.1, 0.15) is 108 Å². The third-order valence-corrected chi connectivity index (χ3v) is 15.0. The van der Waals surface area contributed by atoms with E-state index in [0.29, 0.717) is 23.5 Å². The molecule has 4 N–H and O–H groups in total. The zero-order chi connectivity index (χ0) is 35.1. The highest BCUT2D eigenvalue weighted by Gasteiger charge is 2.75. The lowest BCUT2D eigenvalue weighted by molar-refractivity contribution is -0.290. The van der Waals surface area contributed by atoms with E-state index in [1.165, 1.54) is 0 Å². The van der Waals surface area contributed by atoms with Crippen LogP contribution in [0.4, 0.5) is 0 Å². The standard InChI is InChI=1S/C39H60O8/c1-11-21(3)33(44)46-31-32(47-34(45)22(4)12-2)39(20-40)26(19-35(31,6)7)25-13-14-28-36(8)17-16-27(41)23(5)24(36)15-18-37(28,9)38(25,10)29(42)30(39)43/h11-13,23-24,26-32,40-43H,14-20H2,1-10H3. The number of hydrogen-bond acceptors (Lipinski definition) is 8. The summed E-state index contributed by atoms with van der Waals surface area (Å²) >= 11 is 0. The largest absolute Gasteiger partial charge is 0.454 e. The summed E-state index contributed by atoms with van der Waals surface area (Å²) in [6, 6.07) is 0. The molecule has 5 rings (SSSR count). The van der Waals surface area contributed by atoms with E-state index in [1.54, 1.807) is 39.8 Å². The Hall–Kier alpha value is -2.00. The lowest BCUT2D eigenvalue weighted by Gasteiger charge is -2.72. The van der Waals surface area contributed by atoms with E-state index >= 15 is 0 Å². The van der Waals surface area contributed by atoms with Crippen molar-refractivity contribution in [2.75, 3.05) is 6.61 Å². The van der Waals surface area contributed by atoms with Crippen LogP contribution in [0.2, 0.25) is 0 Å². The van der Waals surface area contributed by atoms with Crippen molar-refractivity contribution in [3.05, 3.63) is 34.9 Å². The van der Waals surface area contributed by atoms with Crippen LogP contribution in [-0.4, -0.2) is 69.5 Å². The predicted molar refractivity (Wildman–Crippen MR) is 180 cm³/mol. The van der Waals surface area contributed by atoms with Gasteiger partial charge in [-0.15, -0.1) is 0 Å². The maximum Gasteiger partial charge on any atom is 0.333 e. The number of hydrogen-bond donors (Lipinski definition) is 4. The molecule has 13 unspecified atom stereocenters. The molecule has 13 atom stereocenters. The third-order valence-electron chi connectivity index (χ3n) is 15.0. The van der Waals surface area contributed by atoms with Gasteiger partial charge in [0.25, 0.3) is 0 Å². The molecular weight excluding hydrogens is 596 g/mol. The van der Waals surface area contributed by atoms with Crippen molar-refractivity contribution >= 4 is 11.9 Å². The molecule has 0 spiro atoms. The van der Waals surface area contributed by atoms with Crippen molar-refractivity contribution in [3.63, 3.8) is 0 Å². The predicted octanol–water partition coefficient (Wildman–Crippen LogP) is 5.67. The van der Waals surface area contributed by atoms with Crippen LogP contribution in [-0.2, 0) is 19.1 Å². The number of carbonyl (C=O) groups is 2. The Morgan fingerprint density at radius 3 is 2.02 bits per heavy atom. The minimum atomic E-state index is -1.52. The Bertz CT molecular complexity index is 1360. The zero-order valence-corrected chi connectivity index (χ0v) is 30.3. The number of ether oxygens (including phenoxy) is 2. The first-order chi connectivity index (χ1) is 21.8. The summed E-state index contributed by atoms with van der Waals surface area (Å²) in [5.41, 5.74) is -1.74. The topological polar surface area (TPSA) is 134 Å². The number of aliphatic hydroxyl groups excluding tert-OH is 4. The van der Waals surface area contributed by atoms with E-state index in [2.05, 4.69) is 33.8 Å². The highest BCUT2D eigenvalue weighted by molar-refractivity contribution is 5.88. The molecule has 0 aromatic carbocycles. The molecule has 0 radical (unpaired) electrons. The Morgan fingerprint density at radius 2 is 1.47 bits per heavy atom. The Balaban J connectivity index is 1.68. The second kappa shape index (κ2) is 12.1. The molecule has 4 fully saturated rings. The average Bonchev–Trinajstić information content (AvgIpc) is 3.03. The maximum atomic E-state index is 13.5. The fourth-order valence-electron chi connectivity index (χ4n) is 11.6. The SMILES string of the molecule is CC=C(C)C(=O)OC1C(OC(=O)C(C)=CC)C2(CO)C(CC1(C)C)C1=CCC3C4(C)CCC(O)C(C)C4CCC3(C)C1(C)C(O)C2O. The molecule has 47 heavy (non-hydrogen) atoms. The molecule has 0 bridgehead atoms. The summed E-state index contributed by atoms with van der Waals surface area (Å²) in [5.74, 6) is -0.843. The Kier molecular flexibility index (Phi) is 9.34. The number of carbonyl (C=O) groups excluding carboxylic acids is 2. The van der Waals surface area contributed by atoms with Crippen molar-refractivity contribution in [2.24, 2.45) is 50.7 Å². The van der Waals surface area contributed by atoms with Crippen LogP contribution in [0.5, 0.6) is 0 Å². The van der Waals surface area contributed by atoms with Crippen molar-refractivity contribution in [1.29, 1.82) is 0 Å². The Labute approximate surface area is 281 Å². The second-order valence-electron chi connectivity index (χ2n) is 17.2. The van der Waals surface area contributed by atoms with Crippen molar-refractivity contribution in [2.45, 2.75) is 138 Å². The van der Waals surface area contributed by atoms with E-state index in [1.807, 2.05) is 13.8 Å². The van der Waals surface area contributed by atoms with Crippen LogP contribution in [0, 0.1) is 50.7 Å². The Morgan fingerprint density at radius 1 is 0.894 bits per heavy atom. The van der Waals surface area contributed by atoms with Gasteiger partial charge in [-0.3, -0.25) is 0 Å². The van der Waals surface area contributed by atoms with Gasteiger partial charge >= 0.3 is 11.9 Å². The van der Waals surface area contributed by atoms with Crippen LogP contribution in [0.15, 0.2) is 34.9 Å². The first-order valence-corrected chi connectivity index (χ1v) is 17.9. The molecule has 0 aliphatic heterocycles. The van der Waals surface area contributed by atoms with Gasteiger partial charge in [-0.05, 0) is 101 Å². The summed E-state index contributed by atoms with van der Waals surface area (Å²) in [6.07, 6.45) is 4.97.